The lowest BCUT2D eigenvalue weighted by molar-refractivity contribution is 0.0963. The van der Waals surface area contributed by atoms with Crippen LogP contribution in [0.15, 0.2) is 30.5 Å². The van der Waals surface area contributed by atoms with E-state index in [9.17, 15) is 4.79 Å². The Kier molecular flexibility index (Phi) is 4.37. The Bertz CT molecular complexity index is 656. The van der Waals surface area contributed by atoms with Crippen molar-refractivity contribution in [1.29, 1.82) is 0 Å². The van der Waals surface area contributed by atoms with Gasteiger partial charge in [-0.05, 0) is 26.0 Å². The van der Waals surface area contributed by atoms with Crippen molar-refractivity contribution in [2.24, 2.45) is 0 Å². The minimum Gasteiger partial charge on any atom is -0.491 e. The molecule has 0 aliphatic heterocycles. The second kappa shape index (κ2) is 6.21. The molecule has 0 aliphatic carbocycles. The zero-order valence-corrected chi connectivity index (χ0v) is 12.3. The van der Waals surface area contributed by atoms with E-state index in [0.29, 0.717) is 5.82 Å². The Morgan fingerprint density at radius 1 is 1.38 bits per heavy atom. The van der Waals surface area contributed by atoms with Crippen LogP contribution < -0.4 is 15.8 Å². The average Bonchev–Trinajstić information content (AvgIpc) is 2.46. The molecular formula is C15H18N4O2. The zero-order valence-electron chi connectivity index (χ0n) is 12.3. The Morgan fingerprint density at radius 3 is 2.76 bits per heavy atom. The maximum Gasteiger partial charge on any atom is 0.256 e. The average molecular weight is 286 g/mol. The summed E-state index contributed by atoms with van der Waals surface area (Å²) in [5.74, 6) is 1.03. The van der Waals surface area contributed by atoms with Gasteiger partial charge >= 0.3 is 0 Å². The van der Waals surface area contributed by atoms with Crippen molar-refractivity contribution < 1.29 is 9.53 Å². The molecule has 0 unspecified atom stereocenters. The third-order valence-corrected chi connectivity index (χ3v) is 2.75. The van der Waals surface area contributed by atoms with E-state index in [1.165, 1.54) is 13.2 Å². The fourth-order valence-electron chi connectivity index (χ4n) is 1.82. The number of nitrogens with zero attached hydrogens (tertiary/aromatic N) is 2. The molecule has 0 bridgehead atoms. The first-order valence-corrected chi connectivity index (χ1v) is 6.63. The largest absolute Gasteiger partial charge is 0.491 e. The lowest BCUT2D eigenvalue weighted by atomic mass is 10.2. The second-order valence-electron chi connectivity index (χ2n) is 4.77. The molecule has 6 heteroatoms. The summed E-state index contributed by atoms with van der Waals surface area (Å²) < 4.78 is 5.64. The topological polar surface area (TPSA) is 90.1 Å². The lowest BCUT2D eigenvalue weighted by Gasteiger charge is -2.11. The quantitative estimate of drug-likeness (QED) is 0.895. The number of ether oxygens (including phenoxy) is 1. The van der Waals surface area contributed by atoms with Gasteiger partial charge in [0.25, 0.3) is 5.91 Å². The molecule has 0 radical (unpaired) electrons. The summed E-state index contributed by atoms with van der Waals surface area (Å²) in [6.45, 7) is 3.92. The Hall–Kier alpha value is -2.63. The molecule has 0 saturated heterocycles. The van der Waals surface area contributed by atoms with Gasteiger partial charge in [-0.2, -0.15) is 0 Å². The third-order valence-electron chi connectivity index (χ3n) is 2.75. The van der Waals surface area contributed by atoms with Crippen LogP contribution in [0.25, 0.3) is 11.4 Å². The highest BCUT2D eigenvalue weighted by atomic mass is 16.5. The Morgan fingerprint density at radius 2 is 2.14 bits per heavy atom. The van der Waals surface area contributed by atoms with Gasteiger partial charge in [0.15, 0.2) is 5.82 Å². The zero-order chi connectivity index (χ0) is 15.4. The van der Waals surface area contributed by atoms with Gasteiger partial charge < -0.3 is 15.8 Å². The number of anilines is 1. The SMILES string of the molecule is CNC(=O)c1cnc(-c2cccc(OC(C)C)c2)nc1N. The van der Waals surface area contributed by atoms with Crippen LogP contribution in [0.4, 0.5) is 5.82 Å². The van der Waals surface area contributed by atoms with Crippen LogP contribution in [0.1, 0.15) is 24.2 Å². The number of benzene rings is 1. The molecule has 3 N–H and O–H groups in total. The minimum absolute atomic E-state index is 0.0851. The van der Waals surface area contributed by atoms with Crippen LogP contribution >= 0.6 is 0 Å². The normalized spacial score (nSPS) is 10.5. The molecule has 0 fully saturated rings. The molecule has 6 nitrogen and oxygen atoms in total. The van der Waals surface area contributed by atoms with E-state index < -0.39 is 0 Å². The van der Waals surface area contributed by atoms with Gasteiger partial charge in [0.1, 0.15) is 11.6 Å². The van der Waals surface area contributed by atoms with Gasteiger partial charge in [-0.1, -0.05) is 12.1 Å². The number of nitrogens with two attached hydrogens (primary N) is 1. The van der Waals surface area contributed by atoms with Crippen LogP contribution in [-0.2, 0) is 0 Å². The Balaban J connectivity index is 2.34. The van der Waals surface area contributed by atoms with Crippen molar-refractivity contribution in [3.05, 3.63) is 36.0 Å². The summed E-state index contributed by atoms with van der Waals surface area (Å²) in [5.41, 5.74) is 6.85. The molecule has 2 aromatic rings. The second-order valence-corrected chi connectivity index (χ2v) is 4.77. The molecule has 21 heavy (non-hydrogen) atoms. The first kappa shape index (κ1) is 14.8. The van der Waals surface area contributed by atoms with E-state index in [4.69, 9.17) is 10.5 Å². The molecule has 110 valence electrons. The number of carbonyl (C=O) groups excluding carboxylic acids is 1. The number of aromatic nitrogens is 2. The highest BCUT2D eigenvalue weighted by molar-refractivity contribution is 5.98. The van der Waals surface area contributed by atoms with E-state index in [0.717, 1.165) is 11.3 Å². The molecule has 1 heterocycles. The number of nitrogen functional groups attached to an aromatic ring is 1. The van der Waals surface area contributed by atoms with Crippen LogP contribution in [0, 0.1) is 0 Å². The van der Waals surface area contributed by atoms with Crippen LogP contribution in [0.2, 0.25) is 0 Å². The summed E-state index contributed by atoms with van der Waals surface area (Å²) >= 11 is 0. The van der Waals surface area contributed by atoms with Crippen molar-refractivity contribution in [3.8, 4) is 17.1 Å². The number of carbonyl (C=O) groups is 1. The molecule has 2 rings (SSSR count). The first-order chi connectivity index (χ1) is 10.0. The van der Waals surface area contributed by atoms with Crippen molar-refractivity contribution in [2.75, 3.05) is 12.8 Å². The Labute approximate surface area is 123 Å². The maximum absolute atomic E-state index is 11.6. The fourth-order valence-corrected chi connectivity index (χ4v) is 1.82. The number of nitrogens with one attached hydrogen (secondary N) is 1. The summed E-state index contributed by atoms with van der Waals surface area (Å²) in [7, 11) is 1.53. The fraction of sp³-hybridized carbons (Fsp3) is 0.267. The highest BCUT2D eigenvalue weighted by Crippen LogP contribution is 2.23. The highest BCUT2D eigenvalue weighted by Gasteiger charge is 2.12. The molecule has 1 amide bonds. The lowest BCUT2D eigenvalue weighted by Crippen LogP contribution is -2.20. The standard InChI is InChI=1S/C15H18N4O2/c1-9(2)21-11-6-4-5-10(7-11)14-18-8-12(13(16)19-14)15(20)17-3/h4-9H,1-3H3,(H,17,20)(H2,16,18,19). The summed E-state index contributed by atoms with van der Waals surface area (Å²) in [6.07, 6.45) is 1.51. The maximum atomic E-state index is 11.6. The molecule has 0 saturated carbocycles. The van der Waals surface area contributed by atoms with Gasteiger partial charge in [0.2, 0.25) is 0 Å². The number of amides is 1. The minimum atomic E-state index is -0.309. The van der Waals surface area contributed by atoms with E-state index >= 15 is 0 Å². The van der Waals surface area contributed by atoms with Gasteiger partial charge in [-0.3, -0.25) is 4.79 Å². The molecule has 0 aliphatic rings. The van der Waals surface area contributed by atoms with Gasteiger partial charge in [0, 0.05) is 18.8 Å². The van der Waals surface area contributed by atoms with Crippen LogP contribution in [0.3, 0.4) is 0 Å². The number of hydrogen-bond acceptors (Lipinski definition) is 5. The summed E-state index contributed by atoms with van der Waals surface area (Å²) in [5, 5.41) is 2.49. The van der Waals surface area contributed by atoms with E-state index in [-0.39, 0.29) is 23.4 Å². The van der Waals surface area contributed by atoms with Crippen LogP contribution in [0.5, 0.6) is 5.75 Å². The molecule has 0 spiro atoms. The first-order valence-electron chi connectivity index (χ1n) is 6.63. The van der Waals surface area contributed by atoms with Crippen molar-refractivity contribution in [1.82, 2.24) is 15.3 Å². The van der Waals surface area contributed by atoms with Crippen molar-refractivity contribution in [2.45, 2.75) is 20.0 Å². The predicted molar refractivity (Wildman–Crippen MR) is 81.0 cm³/mol. The number of rotatable bonds is 4. The van der Waals surface area contributed by atoms with E-state index in [1.54, 1.807) is 0 Å². The van der Waals surface area contributed by atoms with Crippen molar-refractivity contribution in [3.63, 3.8) is 0 Å². The van der Waals surface area contributed by atoms with E-state index in [1.807, 2.05) is 38.1 Å². The smallest absolute Gasteiger partial charge is 0.256 e. The third kappa shape index (κ3) is 3.47. The number of hydrogen-bond donors (Lipinski definition) is 2. The predicted octanol–water partition coefficient (Wildman–Crippen LogP) is 1.87. The summed E-state index contributed by atoms with van der Waals surface area (Å²) in [4.78, 5) is 19.9. The monoisotopic (exact) mass is 286 g/mol. The van der Waals surface area contributed by atoms with Gasteiger partial charge in [-0.15, -0.1) is 0 Å². The van der Waals surface area contributed by atoms with Gasteiger partial charge in [0.05, 0.1) is 11.7 Å². The van der Waals surface area contributed by atoms with Gasteiger partial charge in [-0.25, -0.2) is 9.97 Å². The van der Waals surface area contributed by atoms with Crippen molar-refractivity contribution >= 4 is 11.7 Å². The summed E-state index contributed by atoms with van der Waals surface area (Å²) in [6, 6.07) is 7.43. The molecule has 1 aromatic carbocycles. The molecule has 1 aromatic heterocycles. The van der Waals surface area contributed by atoms with Crippen LogP contribution in [-0.4, -0.2) is 29.0 Å². The molecular weight excluding hydrogens is 268 g/mol. The molecule has 0 atom stereocenters. The van der Waals surface area contributed by atoms with E-state index in [2.05, 4.69) is 15.3 Å².